The number of aromatic nitrogens is 2. The first-order valence-electron chi connectivity index (χ1n) is 9.14. The molecule has 0 radical (unpaired) electrons. The third-order valence-corrected chi connectivity index (χ3v) is 7.12. The second-order valence-electron chi connectivity index (χ2n) is 7.97. The van der Waals surface area contributed by atoms with Crippen molar-refractivity contribution in [3.8, 4) is 0 Å². The Morgan fingerprint density at radius 2 is 2.04 bits per heavy atom. The van der Waals surface area contributed by atoms with Crippen LogP contribution in [0.15, 0.2) is 11.4 Å². The van der Waals surface area contributed by atoms with Crippen LogP contribution in [-0.4, -0.2) is 44.7 Å². The minimum atomic E-state index is -1.33. The maximum Gasteiger partial charge on any atom is 0.344 e. The summed E-state index contributed by atoms with van der Waals surface area (Å²) in [5.41, 5.74) is -0.591. The van der Waals surface area contributed by atoms with E-state index in [1.165, 1.54) is 6.26 Å². The van der Waals surface area contributed by atoms with Crippen LogP contribution in [0.3, 0.4) is 0 Å². The van der Waals surface area contributed by atoms with E-state index < -0.39 is 16.6 Å². The van der Waals surface area contributed by atoms with Crippen molar-refractivity contribution in [1.82, 2.24) is 15.3 Å². The molecule has 2 aliphatic heterocycles. The molecule has 2 amide bonds. The number of carbonyl (C=O) groups excluding carboxylic acids is 2. The molecule has 1 aromatic rings. The molecule has 1 N–H and O–H groups in total. The average molecular weight is 376 g/mol. The fourth-order valence-electron chi connectivity index (χ4n) is 4.61. The second-order valence-corrected chi connectivity index (χ2v) is 9.25. The van der Waals surface area contributed by atoms with Gasteiger partial charge in [0.25, 0.3) is 0 Å². The van der Waals surface area contributed by atoms with Crippen molar-refractivity contribution in [3.05, 3.63) is 11.8 Å². The van der Waals surface area contributed by atoms with Crippen LogP contribution in [0.1, 0.15) is 45.1 Å². The Balaban J connectivity index is 1.91. The molecule has 2 fully saturated rings. The molecule has 4 rings (SSSR count). The Labute approximate surface area is 156 Å². The van der Waals surface area contributed by atoms with Crippen molar-refractivity contribution in [3.63, 3.8) is 0 Å². The van der Waals surface area contributed by atoms with Crippen LogP contribution in [-0.2, 0) is 27.2 Å². The van der Waals surface area contributed by atoms with Crippen molar-refractivity contribution < 1.29 is 14.1 Å². The number of rotatable bonds is 3. The van der Waals surface area contributed by atoms with Crippen molar-refractivity contribution in [2.75, 3.05) is 17.7 Å². The SMILES string of the molecule is CC(C)C1(N2C(=O)[C@@]3(CCNC3=O)Cc3cnc([S+](C)[O-])nc32)CCC1. The van der Waals surface area contributed by atoms with E-state index in [9.17, 15) is 14.1 Å². The lowest BCUT2D eigenvalue weighted by molar-refractivity contribution is -0.141. The van der Waals surface area contributed by atoms with Crippen molar-refractivity contribution in [2.24, 2.45) is 11.3 Å². The zero-order chi connectivity index (χ0) is 18.7. The smallest absolute Gasteiger partial charge is 0.344 e. The zero-order valence-corrected chi connectivity index (χ0v) is 16.2. The largest absolute Gasteiger partial charge is 0.609 e. The van der Waals surface area contributed by atoms with Gasteiger partial charge >= 0.3 is 5.16 Å². The highest BCUT2D eigenvalue weighted by Crippen LogP contribution is 2.51. The van der Waals surface area contributed by atoms with Crippen LogP contribution in [0.4, 0.5) is 5.82 Å². The molecule has 7 nitrogen and oxygen atoms in total. The number of hydrogen-bond acceptors (Lipinski definition) is 5. The van der Waals surface area contributed by atoms with Gasteiger partial charge in [-0.3, -0.25) is 14.5 Å². The molecule has 0 aromatic carbocycles. The van der Waals surface area contributed by atoms with E-state index in [1.54, 1.807) is 11.1 Å². The van der Waals surface area contributed by atoms with E-state index in [1.807, 2.05) is 0 Å². The fourth-order valence-corrected chi connectivity index (χ4v) is 5.02. The minimum Gasteiger partial charge on any atom is -0.609 e. The molecule has 1 aromatic heterocycles. The first-order valence-corrected chi connectivity index (χ1v) is 10.7. The topological polar surface area (TPSA) is 98.2 Å². The van der Waals surface area contributed by atoms with E-state index in [2.05, 4.69) is 29.1 Å². The van der Waals surface area contributed by atoms with Gasteiger partial charge < -0.3 is 9.87 Å². The quantitative estimate of drug-likeness (QED) is 0.485. The monoisotopic (exact) mass is 376 g/mol. The van der Waals surface area contributed by atoms with Crippen LogP contribution in [0.2, 0.25) is 0 Å². The molecule has 26 heavy (non-hydrogen) atoms. The molecule has 0 bridgehead atoms. The summed E-state index contributed by atoms with van der Waals surface area (Å²) in [6.07, 6.45) is 6.83. The van der Waals surface area contributed by atoms with Crippen LogP contribution in [0, 0.1) is 11.3 Å². The molecule has 1 unspecified atom stereocenters. The van der Waals surface area contributed by atoms with Gasteiger partial charge in [-0.25, -0.2) is 0 Å². The Bertz CT molecular complexity index is 778. The molecular weight excluding hydrogens is 352 g/mol. The highest BCUT2D eigenvalue weighted by atomic mass is 32.2. The number of anilines is 1. The highest BCUT2D eigenvalue weighted by molar-refractivity contribution is 7.90. The summed E-state index contributed by atoms with van der Waals surface area (Å²) in [5.74, 6) is 0.437. The summed E-state index contributed by atoms with van der Waals surface area (Å²) in [4.78, 5) is 36.8. The first kappa shape index (κ1) is 17.7. The third-order valence-electron chi connectivity index (χ3n) is 6.40. The standard InChI is InChI=1S/C18H24N4O3S/c1-11(2)18(5-4-6-18)22-13-12(10-20-16(21-13)26(3)25)9-17(15(22)24)7-8-19-14(17)23/h10-11H,4-9H2,1-3H3,(H,19,23)/t17-,26?/m0/s1. The Morgan fingerprint density at radius 1 is 1.31 bits per heavy atom. The van der Waals surface area contributed by atoms with Crippen molar-refractivity contribution in [2.45, 2.75) is 56.6 Å². The summed E-state index contributed by atoms with van der Waals surface area (Å²) in [6.45, 7) is 4.74. The summed E-state index contributed by atoms with van der Waals surface area (Å²) >= 11 is -1.33. The maximum atomic E-state index is 13.7. The van der Waals surface area contributed by atoms with Gasteiger partial charge in [-0.1, -0.05) is 13.8 Å². The minimum absolute atomic E-state index is 0.153. The molecule has 2 atom stereocenters. The normalized spacial score (nSPS) is 28.1. The van der Waals surface area contributed by atoms with Gasteiger partial charge in [-0.2, -0.15) is 9.97 Å². The van der Waals surface area contributed by atoms with Crippen LogP contribution >= 0.6 is 0 Å². The number of nitrogens with one attached hydrogen (secondary N) is 1. The predicted octanol–water partition coefficient (Wildman–Crippen LogP) is 1.19. The predicted molar refractivity (Wildman–Crippen MR) is 97.0 cm³/mol. The van der Waals surface area contributed by atoms with E-state index in [0.29, 0.717) is 25.2 Å². The van der Waals surface area contributed by atoms with Gasteiger partial charge in [-0.05, 0) is 31.6 Å². The lowest BCUT2D eigenvalue weighted by Crippen LogP contribution is -2.66. The van der Waals surface area contributed by atoms with Gasteiger partial charge in [0, 0.05) is 35.9 Å². The number of amides is 2. The van der Waals surface area contributed by atoms with E-state index >= 15 is 0 Å². The van der Waals surface area contributed by atoms with E-state index in [0.717, 1.165) is 24.8 Å². The van der Waals surface area contributed by atoms with Gasteiger partial charge in [0.15, 0.2) is 0 Å². The number of nitrogens with zero attached hydrogens (tertiary/aromatic N) is 3. The maximum absolute atomic E-state index is 13.7. The molecular formula is C18H24N4O3S. The van der Waals surface area contributed by atoms with Gasteiger partial charge in [-0.15, -0.1) is 0 Å². The summed E-state index contributed by atoms with van der Waals surface area (Å²) in [6, 6.07) is 0. The molecule has 8 heteroatoms. The Kier molecular flexibility index (Phi) is 4.04. The van der Waals surface area contributed by atoms with Gasteiger partial charge in [0.05, 0.1) is 5.54 Å². The molecule has 140 valence electrons. The number of fused-ring (bicyclic) bond motifs is 1. The Morgan fingerprint density at radius 3 is 2.54 bits per heavy atom. The average Bonchev–Trinajstić information content (AvgIpc) is 2.90. The van der Waals surface area contributed by atoms with Gasteiger partial charge in [0.2, 0.25) is 11.8 Å². The highest BCUT2D eigenvalue weighted by Gasteiger charge is 2.60. The lowest BCUT2D eigenvalue weighted by Gasteiger charge is -2.55. The fraction of sp³-hybridized carbons (Fsp3) is 0.667. The van der Waals surface area contributed by atoms with E-state index in [-0.39, 0.29) is 28.4 Å². The zero-order valence-electron chi connectivity index (χ0n) is 15.4. The first-order chi connectivity index (χ1) is 12.3. The van der Waals surface area contributed by atoms with Crippen molar-refractivity contribution in [1.29, 1.82) is 0 Å². The number of hydrogen-bond donors (Lipinski definition) is 1. The molecule has 3 aliphatic rings. The Hall–Kier alpha value is -1.67. The van der Waals surface area contributed by atoms with Crippen LogP contribution < -0.4 is 10.2 Å². The third kappa shape index (κ3) is 2.24. The molecule has 1 aliphatic carbocycles. The molecule has 1 spiro atoms. The lowest BCUT2D eigenvalue weighted by atomic mass is 9.65. The summed E-state index contributed by atoms with van der Waals surface area (Å²) < 4.78 is 11.9. The van der Waals surface area contributed by atoms with Crippen molar-refractivity contribution >= 4 is 28.8 Å². The second kappa shape index (κ2) is 5.92. The summed E-state index contributed by atoms with van der Waals surface area (Å²) in [5, 5.41) is 3.06. The van der Waals surface area contributed by atoms with Gasteiger partial charge in [0.1, 0.15) is 17.5 Å². The molecule has 1 saturated carbocycles. The molecule has 3 heterocycles. The van der Waals surface area contributed by atoms with Crippen LogP contribution in [0.25, 0.3) is 0 Å². The van der Waals surface area contributed by atoms with Crippen LogP contribution in [0.5, 0.6) is 0 Å². The summed E-state index contributed by atoms with van der Waals surface area (Å²) in [7, 11) is 0. The molecule has 1 saturated heterocycles. The number of carbonyl (C=O) groups is 2. The van der Waals surface area contributed by atoms with E-state index in [4.69, 9.17) is 0 Å².